The first-order chi connectivity index (χ1) is 9.92. The van der Waals surface area contributed by atoms with Crippen molar-refractivity contribution in [2.24, 2.45) is 5.73 Å². The number of benzene rings is 1. The van der Waals surface area contributed by atoms with Crippen LogP contribution in [0.15, 0.2) is 24.3 Å². The maximum absolute atomic E-state index is 11.9. The number of rotatable bonds is 7. The van der Waals surface area contributed by atoms with Crippen LogP contribution in [0.25, 0.3) is 0 Å². The number of anilines is 1. The molecule has 0 saturated heterocycles. The van der Waals surface area contributed by atoms with Crippen molar-refractivity contribution in [1.82, 2.24) is 5.32 Å². The topological polar surface area (TPSA) is 84.2 Å². The third-order valence-electron chi connectivity index (χ3n) is 3.19. The number of nitrogens with two attached hydrogens (primary N) is 1. The number of hydrogen-bond donors (Lipinski definition) is 3. The lowest BCUT2D eigenvalue weighted by atomic mass is 10.1. The molecule has 0 aliphatic heterocycles. The van der Waals surface area contributed by atoms with Gasteiger partial charge in [0.1, 0.15) is 0 Å². The molecule has 116 valence electrons. The number of hydrogen-bond acceptors (Lipinski definition) is 3. The second kappa shape index (κ2) is 8.42. The Morgan fingerprint density at radius 3 is 2.67 bits per heavy atom. The van der Waals surface area contributed by atoms with Crippen LogP contribution in [0.4, 0.5) is 5.69 Å². The Morgan fingerprint density at radius 1 is 1.33 bits per heavy atom. The van der Waals surface area contributed by atoms with E-state index in [1.807, 2.05) is 38.1 Å². The molecule has 0 aliphatic rings. The first-order valence-corrected chi connectivity index (χ1v) is 7.34. The zero-order valence-electron chi connectivity index (χ0n) is 13.0. The van der Waals surface area contributed by atoms with E-state index in [4.69, 9.17) is 5.73 Å². The fourth-order valence-corrected chi connectivity index (χ4v) is 2.18. The van der Waals surface area contributed by atoms with Gasteiger partial charge in [0.2, 0.25) is 11.8 Å². The Bertz CT molecular complexity index is 488. The maximum atomic E-state index is 11.9. The molecule has 4 N–H and O–H groups in total. The lowest BCUT2D eigenvalue weighted by Crippen LogP contribution is -2.33. The quantitative estimate of drug-likeness (QED) is 0.721. The van der Waals surface area contributed by atoms with E-state index in [2.05, 4.69) is 10.6 Å². The van der Waals surface area contributed by atoms with Crippen molar-refractivity contribution in [1.29, 1.82) is 0 Å². The predicted molar refractivity (Wildman–Crippen MR) is 84.8 cm³/mol. The second-order valence-electron chi connectivity index (χ2n) is 5.35. The van der Waals surface area contributed by atoms with Crippen molar-refractivity contribution >= 4 is 17.5 Å². The molecule has 0 aromatic heterocycles. The zero-order valence-corrected chi connectivity index (χ0v) is 13.0. The first-order valence-electron chi connectivity index (χ1n) is 7.34. The van der Waals surface area contributed by atoms with Gasteiger partial charge >= 0.3 is 0 Å². The van der Waals surface area contributed by atoms with E-state index in [-0.39, 0.29) is 23.9 Å². The lowest BCUT2D eigenvalue weighted by Gasteiger charge is -2.17. The zero-order chi connectivity index (χ0) is 15.8. The molecule has 0 aliphatic carbocycles. The van der Waals surface area contributed by atoms with E-state index < -0.39 is 0 Å². The van der Waals surface area contributed by atoms with Gasteiger partial charge in [-0.1, -0.05) is 25.5 Å². The van der Waals surface area contributed by atoms with Gasteiger partial charge < -0.3 is 16.4 Å². The monoisotopic (exact) mass is 291 g/mol. The van der Waals surface area contributed by atoms with Crippen molar-refractivity contribution in [3.8, 4) is 0 Å². The van der Waals surface area contributed by atoms with E-state index in [0.717, 1.165) is 24.1 Å². The minimum atomic E-state index is -0.125. The fourth-order valence-electron chi connectivity index (χ4n) is 2.18. The molecule has 21 heavy (non-hydrogen) atoms. The summed E-state index contributed by atoms with van der Waals surface area (Å²) in [7, 11) is 0. The van der Waals surface area contributed by atoms with E-state index in [9.17, 15) is 9.59 Å². The molecule has 0 radical (unpaired) electrons. The van der Waals surface area contributed by atoms with Crippen LogP contribution in [0.1, 0.15) is 51.6 Å². The summed E-state index contributed by atoms with van der Waals surface area (Å²) < 4.78 is 0. The molecule has 0 fully saturated rings. The number of nitrogens with one attached hydrogen (secondary N) is 2. The average molecular weight is 291 g/mol. The summed E-state index contributed by atoms with van der Waals surface area (Å²) in [5.41, 5.74) is 7.54. The molecule has 0 heterocycles. The molecule has 1 rings (SSSR count). The number of carbonyl (C=O) groups is 2. The molecular weight excluding hydrogens is 266 g/mol. The third kappa shape index (κ3) is 6.40. The molecule has 2 amide bonds. The summed E-state index contributed by atoms with van der Waals surface area (Å²) in [4.78, 5) is 23.0. The standard InChI is InChI=1S/C16H25N3O2/c1-4-6-14(17)10-16(21)18-11(2)13-7-5-8-15(9-13)19-12(3)20/h5,7-9,11,14H,4,6,10,17H2,1-3H3,(H,18,21)(H,19,20). The SMILES string of the molecule is CCCC(N)CC(=O)NC(C)c1cccc(NC(C)=O)c1. The minimum Gasteiger partial charge on any atom is -0.350 e. The van der Waals surface area contributed by atoms with Crippen LogP contribution in [0.2, 0.25) is 0 Å². The van der Waals surface area contributed by atoms with Gasteiger partial charge in [-0.3, -0.25) is 9.59 Å². The molecule has 0 spiro atoms. The summed E-state index contributed by atoms with van der Waals surface area (Å²) in [5.74, 6) is -0.164. The minimum absolute atomic E-state index is 0.0478. The summed E-state index contributed by atoms with van der Waals surface area (Å²) >= 11 is 0. The molecule has 1 aromatic carbocycles. The first kappa shape index (κ1) is 17.2. The van der Waals surface area contributed by atoms with Gasteiger partial charge in [0.05, 0.1) is 6.04 Å². The Morgan fingerprint density at radius 2 is 2.05 bits per heavy atom. The Labute approximate surface area is 126 Å². The van der Waals surface area contributed by atoms with Gasteiger partial charge in [-0.2, -0.15) is 0 Å². The highest BCUT2D eigenvalue weighted by Crippen LogP contribution is 2.17. The van der Waals surface area contributed by atoms with Crippen LogP contribution in [0.3, 0.4) is 0 Å². The highest BCUT2D eigenvalue weighted by Gasteiger charge is 2.13. The molecule has 0 bridgehead atoms. The van der Waals surface area contributed by atoms with Crippen LogP contribution in [0, 0.1) is 0 Å². The molecule has 1 aromatic rings. The molecule has 5 nitrogen and oxygen atoms in total. The second-order valence-corrected chi connectivity index (χ2v) is 5.35. The van der Waals surface area contributed by atoms with Crippen LogP contribution in [0.5, 0.6) is 0 Å². The van der Waals surface area contributed by atoms with Gasteiger partial charge in [-0.15, -0.1) is 0 Å². The van der Waals surface area contributed by atoms with E-state index in [1.54, 1.807) is 0 Å². The van der Waals surface area contributed by atoms with Crippen molar-refractivity contribution in [3.63, 3.8) is 0 Å². The van der Waals surface area contributed by atoms with Crippen molar-refractivity contribution in [2.45, 2.75) is 52.1 Å². The average Bonchev–Trinajstić information content (AvgIpc) is 2.38. The largest absolute Gasteiger partial charge is 0.350 e. The van der Waals surface area contributed by atoms with Gasteiger partial charge in [0, 0.05) is 25.1 Å². The smallest absolute Gasteiger partial charge is 0.222 e. The van der Waals surface area contributed by atoms with Crippen molar-refractivity contribution < 1.29 is 9.59 Å². The van der Waals surface area contributed by atoms with Gasteiger partial charge in [-0.05, 0) is 31.0 Å². The lowest BCUT2D eigenvalue weighted by molar-refractivity contribution is -0.122. The Kier molecular flexibility index (Phi) is 6.88. The van der Waals surface area contributed by atoms with Crippen molar-refractivity contribution in [3.05, 3.63) is 29.8 Å². The van der Waals surface area contributed by atoms with Crippen LogP contribution in [-0.2, 0) is 9.59 Å². The van der Waals surface area contributed by atoms with Crippen LogP contribution in [-0.4, -0.2) is 17.9 Å². The van der Waals surface area contributed by atoms with E-state index in [1.165, 1.54) is 6.92 Å². The summed E-state index contributed by atoms with van der Waals surface area (Å²) in [6.07, 6.45) is 2.16. The molecular formula is C16H25N3O2. The predicted octanol–water partition coefficient (Wildman–Crippen LogP) is 2.34. The van der Waals surface area contributed by atoms with Crippen LogP contribution >= 0.6 is 0 Å². The number of carbonyl (C=O) groups excluding carboxylic acids is 2. The molecule has 2 atom stereocenters. The highest BCUT2D eigenvalue weighted by atomic mass is 16.2. The molecule has 5 heteroatoms. The Hall–Kier alpha value is -1.88. The molecule has 2 unspecified atom stereocenters. The van der Waals surface area contributed by atoms with Crippen LogP contribution < -0.4 is 16.4 Å². The Balaban J connectivity index is 2.60. The fraction of sp³-hybridized carbons (Fsp3) is 0.500. The summed E-state index contributed by atoms with van der Waals surface area (Å²) in [6, 6.07) is 7.23. The third-order valence-corrected chi connectivity index (χ3v) is 3.19. The van der Waals surface area contributed by atoms with E-state index >= 15 is 0 Å². The highest BCUT2D eigenvalue weighted by molar-refractivity contribution is 5.88. The van der Waals surface area contributed by atoms with Crippen molar-refractivity contribution in [2.75, 3.05) is 5.32 Å². The summed E-state index contributed by atoms with van der Waals surface area (Å²) in [5, 5.41) is 5.67. The van der Waals surface area contributed by atoms with E-state index in [0.29, 0.717) is 6.42 Å². The number of amides is 2. The summed E-state index contributed by atoms with van der Waals surface area (Å²) in [6.45, 7) is 5.43. The van der Waals surface area contributed by atoms with Gasteiger partial charge in [0.25, 0.3) is 0 Å². The van der Waals surface area contributed by atoms with Gasteiger partial charge in [0.15, 0.2) is 0 Å². The normalized spacial score (nSPS) is 13.3. The van der Waals surface area contributed by atoms with Gasteiger partial charge in [-0.25, -0.2) is 0 Å². The molecule has 0 saturated carbocycles. The maximum Gasteiger partial charge on any atom is 0.222 e.